The summed E-state index contributed by atoms with van der Waals surface area (Å²) in [6, 6.07) is 33.4. The van der Waals surface area contributed by atoms with E-state index in [-0.39, 0.29) is 10.9 Å². The van der Waals surface area contributed by atoms with Gasteiger partial charge in [-0.25, -0.2) is 0 Å². The summed E-state index contributed by atoms with van der Waals surface area (Å²) in [6.07, 6.45) is 1.82. The van der Waals surface area contributed by atoms with Crippen LogP contribution < -0.4 is 14.8 Å². The van der Waals surface area contributed by atoms with Crippen molar-refractivity contribution >= 4 is 28.3 Å². The van der Waals surface area contributed by atoms with Gasteiger partial charge in [-0.2, -0.15) is 0 Å². The normalized spacial score (nSPS) is 12.2. The minimum absolute atomic E-state index is 0.151. The van der Waals surface area contributed by atoms with E-state index in [1.54, 1.807) is 0 Å². The zero-order valence-corrected chi connectivity index (χ0v) is 18.5. The lowest BCUT2D eigenvalue weighted by molar-refractivity contribution is 0.217. The van der Waals surface area contributed by atoms with Gasteiger partial charge in [0.2, 0.25) is 0 Å². The van der Waals surface area contributed by atoms with E-state index in [1.807, 2.05) is 30.3 Å². The molecule has 3 nitrogen and oxygen atoms in total. The van der Waals surface area contributed by atoms with Crippen LogP contribution in [0.3, 0.4) is 0 Å². The number of hydrogen-bond acceptors (Lipinski definition) is 3. The molecule has 0 saturated heterocycles. The second kappa shape index (κ2) is 9.25. The second-order valence-electron chi connectivity index (χ2n) is 7.36. The summed E-state index contributed by atoms with van der Waals surface area (Å²) in [4.78, 5) is 3.91. The summed E-state index contributed by atoms with van der Waals surface area (Å²) in [5.74, 6) is 1.68. The summed E-state index contributed by atoms with van der Waals surface area (Å²) in [5.41, 5.74) is 3.43. The molecule has 0 bridgehead atoms. The molecule has 32 heavy (non-hydrogen) atoms. The fourth-order valence-corrected chi connectivity index (χ4v) is 5.96. The predicted molar refractivity (Wildman–Crippen MR) is 132 cm³/mol. The Balaban J connectivity index is 1.26. The van der Waals surface area contributed by atoms with Gasteiger partial charge in [0.05, 0.1) is 11.4 Å². The number of hydrogen-bond donors (Lipinski definition) is 1. The minimum atomic E-state index is -0.151. The number of ether oxygens (including phenoxy) is 2. The highest BCUT2D eigenvalue weighted by molar-refractivity contribution is 7.97. The van der Waals surface area contributed by atoms with Gasteiger partial charge in [0.25, 0.3) is 0 Å². The van der Waals surface area contributed by atoms with Crippen molar-refractivity contribution in [1.29, 1.82) is 0 Å². The molecule has 1 aliphatic heterocycles. The first-order valence-corrected chi connectivity index (χ1v) is 11.8. The monoisotopic (exact) mass is 438 g/mol. The quantitative estimate of drug-likeness (QED) is 0.220. The van der Waals surface area contributed by atoms with Crippen LogP contribution in [0.5, 0.6) is 11.5 Å². The summed E-state index contributed by atoms with van der Waals surface area (Å²) in [7, 11) is -0.151. The van der Waals surface area contributed by atoms with Crippen molar-refractivity contribution in [3.63, 3.8) is 0 Å². The molecule has 4 heteroatoms. The molecule has 1 heterocycles. The highest BCUT2D eigenvalue weighted by atomic mass is 32.2. The molecule has 4 aromatic carbocycles. The van der Waals surface area contributed by atoms with Gasteiger partial charge in [0.1, 0.15) is 35.6 Å². The Morgan fingerprint density at radius 1 is 0.656 bits per heavy atom. The first-order chi connectivity index (χ1) is 15.8. The maximum atomic E-state index is 5.90. The van der Waals surface area contributed by atoms with Gasteiger partial charge in [0, 0.05) is 0 Å². The maximum absolute atomic E-state index is 5.90. The average molecular weight is 439 g/mol. The number of rotatable bonds is 7. The van der Waals surface area contributed by atoms with Gasteiger partial charge in [-0.1, -0.05) is 49.1 Å². The van der Waals surface area contributed by atoms with Crippen molar-refractivity contribution in [1.82, 2.24) is 0 Å². The fourth-order valence-electron chi connectivity index (χ4n) is 3.70. The lowest BCUT2D eigenvalue weighted by Gasteiger charge is -2.20. The lowest BCUT2D eigenvalue weighted by Crippen LogP contribution is -2.14. The van der Waals surface area contributed by atoms with Gasteiger partial charge in [0.15, 0.2) is 14.7 Å². The van der Waals surface area contributed by atoms with E-state index < -0.39 is 0 Å². The molecular formula is C28H24NO2S+. The van der Waals surface area contributed by atoms with Crippen molar-refractivity contribution < 1.29 is 9.47 Å². The first kappa shape index (κ1) is 20.3. The Morgan fingerprint density at radius 2 is 1.16 bits per heavy atom. The number of fused-ring (bicyclic) bond motifs is 2. The van der Waals surface area contributed by atoms with Crippen LogP contribution in [0.4, 0.5) is 11.4 Å². The van der Waals surface area contributed by atoms with E-state index in [0.29, 0.717) is 13.2 Å². The van der Waals surface area contributed by atoms with Crippen molar-refractivity contribution in [2.45, 2.75) is 14.7 Å². The van der Waals surface area contributed by atoms with Crippen LogP contribution in [0.2, 0.25) is 0 Å². The molecule has 0 amide bonds. The number of anilines is 2. The van der Waals surface area contributed by atoms with E-state index >= 15 is 0 Å². The largest absolute Gasteiger partial charge is 0.490 e. The first-order valence-electron chi connectivity index (χ1n) is 10.6. The number of benzene rings is 4. The van der Waals surface area contributed by atoms with Crippen LogP contribution in [0.25, 0.3) is 6.08 Å². The van der Waals surface area contributed by atoms with E-state index in [2.05, 4.69) is 84.7 Å². The standard InChI is InChI=1S/C28H24NO2S/c1-2-21-11-13-22(14-12-21)30-19-20-31-23-15-17-24(18-16-23)32-27-9-5-3-7-25(27)29-26-8-4-6-10-28(26)32/h2-18,29H,1,19-20H2/q+1. The fraction of sp³-hybridized carbons (Fsp3) is 0.0714. The molecule has 0 fully saturated rings. The third-order valence-corrected chi connectivity index (χ3v) is 7.61. The van der Waals surface area contributed by atoms with Crippen LogP contribution in [0.1, 0.15) is 5.56 Å². The molecule has 0 aromatic heterocycles. The third kappa shape index (κ3) is 4.23. The van der Waals surface area contributed by atoms with E-state index in [1.165, 1.54) is 26.1 Å². The molecule has 1 N–H and O–H groups in total. The molecule has 0 atom stereocenters. The molecule has 5 rings (SSSR count). The van der Waals surface area contributed by atoms with Crippen molar-refractivity contribution in [3.05, 3.63) is 109 Å². The molecular weight excluding hydrogens is 414 g/mol. The molecule has 158 valence electrons. The van der Waals surface area contributed by atoms with Crippen molar-refractivity contribution in [2.24, 2.45) is 0 Å². The van der Waals surface area contributed by atoms with Gasteiger partial charge in [-0.15, -0.1) is 0 Å². The Morgan fingerprint density at radius 3 is 1.69 bits per heavy atom. The Bertz CT molecular complexity index is 1170. The van der Waals surface area contributed by atoms with Crippen LogP contribution >= 0.6 is 0 Å². The highest BCUT2D eigenvalue weighted by Gasteiger charge is 2.37. The van der Waals surface area contributed by atoms with Gasteiger partial charge >= 0.3 is 0 Å². The summed E-state index contributed by atoms with van der Waals surface area (Å²) >= 11 is 0. The van der Waals surface area contributed by atoms with Gasteiger partial charge in [-0.3, -0.25) is 0 Å². The van der Waals surface area contributed by atoms with Crippen LogP contribution in [-0.2, 0) is 10.9 Å². The van der Waals surface area contributed by atoms with Crippen molar-refractivity contribution in [3.8, 4) is 11.5 Å². The van der Waals surface area contributed by atoms with Crippen LogP contribution in [-0.4, -0.2) is 13.2 Å². The third-order valence-electron chi connectivity index (χ3n) is 5.28. The Hall–Kier alpha value is -3.63. The minimum Gasteiger partial charge on any atom is -0.490 e. The summed E-state index contributed by atoms with van der Waals surface area (Å²) in [6.45, 7) is 4.75. The van der Waals surface area contributed by atoms with Crippen LogP contribution in [0, 0.1) is 0 Å². The topological polar surface area (TPSA) is 30.5 Å². The smallest absolute Gasteiger partial charge is 0.190 e. The van der Waals surface area contributed by atoms with Gasteiger partial charge < -0.3 is 14.8 Å². The zero-order valence-electron chi connectivity index (χ0n) is 17.7. The number of nitrogens with one attached hydrogen (secondary N) is 1. The average Bonchev–Trinajstić information content (AvgIpc) is 2.86. The predicted octanol–water partition coefficient (Wildman–Crippen LogP) is 6.94. The molecule has 0 radical (unpaired) electrons. The molecule has 0 unspecified atom stereocenters. The number of para-hydroxylation sites is 2. The summed E-state index contributed by atoms with van der Waals surface area (Å²) < 4.78 is 11.7. The van der Waals surface area contributed by atoms with E-state index in [0.717, 1.165) is 17.1 Å². The molecule has 0 aliphatic carbocycles. The second-order valence-corrected chi connectivity index (χ2v) is 9.33. The Kier molecular flexibility index (Phi) is 5.86. The Labute approximate surface area is 191 Å². The zero-order chi connectivity index (χ0) is 21.8. The lowest BCUT2D eigenvalue weighted by atomic mass is 10.2. The highest BCUT2D eigenvalue weighted by Crippen LogP contribution is 2.44. The van der Waals surface area contributed by atoms with E-state index in [9.17, 15) is 0 Å². The van der Waals surface area contributed by atoms with Crippen molar-refractivity contribution in [2.75, 3.05) is 18.5 Å². The SMILES string of the molecule is C=Cc1ccc(OCCOc2ccc([S+]3c4ccccc4Nc4ccccc43)cc2)cc1. The molecule has 4 aromatic rings. The molecule has 1 aliphatic rings. The summed E-state index contributed by atoms with van der Waals surface area (Å²) in [5, 5.41) is 3.57. The maximum Gasteiger partial charge on any atom is 0.190 e. The molecule has 0 spiro atoms. The van der Waals surface area contributed by atoms with Gasteiger partial charge in [-0.05, 0) is 66.2 Å². The van der Waals surface area contributed by atoms with Crippen LogP contribution in [0.15, 0.2) is 118 Å². The van der Waals surface area contributed by atoms with E-state index in [4.69, 9.17) is 9.47 Å². The molecule has 0 saturated carbocycles.